The number of hydrogen-bond donors (Lipinski definition) is 1. The minimum Gasteiger partial charge on any atom is -0.493 e. The van der Waals surface area contributed by atoms with Crippen LogP contribution in [0.4, 0.5) is 5.69 Å². The lowest BCUT2D eigenvalue weighted by atomic mass is 10.1. The molecule has 0 heterocycles. The summed E-state index contributed by atoms with van der Waals surface area (Å²) in [5, 5.41) is 5.00. The van der Waals surface area contributed by atoms with E-state index in [1.54, 1.807) is 42.5 Å². The number of carbonyl (C=O) groups is 1. The molecule has 3 aromatic carbocycles. The molecule has 1 amide bonds. The average molecular weight is 643 g/mol. The molecule has 0 saturated heterocycles. The molecule has 0 aliphatic carbocycles. The number of sulfonamides is 1. The first-order chi connectivity index (χ1) is 18.0. The van der Waals surface area contributed by atoms with Gasteiger partial charge in [-0.2, -0.15) is 5.10 Å². The fourth-order valence-electron chi connectivity index (χ4n) is 3.52. The number of para-hydroxylation sites is 1. The molecule has 8 nitrogen and oxygen atoms in total. The summed E-state index contributed by atoms with van der Waals surface area (Å²) >= 11 is 15.7. The summed E-state index contributed by atoms with van der Waals surface area (Å²) < 4.78 is 37.9. The summed E-state index contributed by atoms with van der Waals surface area (Å²) in [5.41, 5.74) is 5.00. The van der Waals surface area contributed by atoms with Crippen LogP contribution in [0.2, 0.25) is 10.0 Å². The number of nitrogens with zero attached hydrogens (tertiary/aromatic N) is 2. The number of amides is 1. The van der Waals surface area contributed by atoms with Gasteiger partial charge in [-0.3, -0.25) is 9.10 Å². The van der Waals surface area contributed by atoms with Gasteiger partial charge in [0.1, 0.15) is 13.2 Å². The van der Waals surface area contributed by atoms with Crippen LogP contribution in [-0.2, 0) is 27.8 Å². The van der Waals surface area contributed by atoms with Crippen LogP contribution in [0.1, 0.15) is 23.6 Å². The van der Waals surface area contributed by atoms with Crippen LogP contribution in [0, 0.1) is 0 Å². The summed E-state index contributed by atoms with van der Waals surface area (Å²) in [4.78, 5) is 12.6. The molecule has 0 spiro atoms. The lowest BCUT2D eigenvalue weighted by molar-refractivity contribution is -0.119. The quantitative estimate of drug-likeness (QED) is 0.210. The molecule has 38 heavy (non-hydrogen) atoms. The number of anilines is 1. The van der Waals surface area contributed by atoms with Crippen molar-refractivity contribution in [2.45, 2.75) is 20.0 Å². The van der Waals surface area contributed by atoms with Gasteiger partial charge >= 0.3 is 0 Å². The molecule has 202 valence electrons. The topological polar surface area (TPSA) is 97.3 Å². The molecule has 0 unspecified atom stereocenters. The maximum atomic E-state index is 12.6. The Bertz CT molecular complexity index is 1450. The smallest absolute Gasteiger partial charge is 0.260 e. The average Bonchev–Trinajstić information content (AvgIpc) is 2.86. The molecule has 0 bridgehead atoms. The zero-order chi connectivity index (χ0) is 27.9. The maximum absolute atomic E-state index is 12.6. The van der Waals surface area contributed by atoms with Crippen molar-refractivity contribution in [1.82, 2.24) is 5.43 Å². The number of carbonyl (C=O) groups excluding carboxylic acids is 1. The summed E-state index contributed by atoms with van der Waals surface area (Å²) in [6.07, 6.45) is 3.09. The van der Waals surface area contributed by atoms with E-state index < -0.39 is 22.5 Å². The fourth-order valence-corrected chi connectivity index (χ4v) is 5.45. The molecule has 3 aromatic rings. The second-order valence-electron chi connectivity index (χ2n) is 8.10. The minimum absolute atomic E-state index is 0.187. The Hall–Kier alpha value is -2.79. The van der Waals surface area contributed by atoms with Gasteiger partial charge in [-0.15, -0.1) is 0 Å². The van der Waals surface area contributed by atoms with Gasteiger partial charge in [0.15, 0.2) is 11.5 Å². The van der Waals surface area contributed by atoms with Gasteiger partial charge in [-0.05, 0) is 63.8 Å². The third-order valence-electron chi connectivity index (χ3n) is 5.37. The molecular formula is C26H26BrCl2N3O5S. The highest BCUT2D eigenvalue weighted by molar-refractivity contribution is 9.10. The van der Waals surface area contributed by atoms with E-state index >= 15 is 0 Å². The molecule has 0 saturated carbocycles. The number of nitrogens with one attached hydrogen (secondary N) is 1. The summed E-state index contributed by atoms with van der Waals surface area (Å²) in [7, 11) is -2.20. The molecule has 12 heteroatoms. The Balaban J connectivity index is 1.70. The van der Waals surface area contributed by atoms with E-state index in [1.807, 2.05) is 19.1 Å². The van der Waals surface area contributed by atoms with Crippen LogP contribution in [0.15, 0.2) is 64.2 Å². The van der Waals surface area contributed by atoms with E-state index in [0.717, 1.165) is 21.7 Å². The Morgan fingerprint density at radius 1 is 1.13 bits per heavy atom. The number of aryl methyl sites for hydroxylation is 1. The highest BCUT2D eigenvalue weighted by Gasteiger charge is 2.22. The van der Waals surface area contributed by atoms with Crippen LogP contribution in [0.3, 0.4) is 0 Å². The Morgan fingerprint density at radius 3 is 2.53 bits per heavy atom. The lowest BCUT2D eigenvalue weighted by Gasteiger charge is -2.23. The molecule has 1 N–H and O–H groups in total. The lowest BCUT2D eigenvalue weighted by Crippen LogP contribution is -2.39. The van der Waals surface area contributed by atoms with Gasteiger partial charge in [-0.25, -0.2) is 13.8 Å². The minimum atomic E-state index is -3.70. The predicted octanol–water partition coefficient (Wildman–Crippen LogP) is 5.82. The Morgan fingerprint density at radius 2 is 1.87 bits per heavy atom. The number of halogens is 3. The van der Waals surface area contributed by atoms with Crippen LogP contribution >= 0.6 is 39.1 Å². The molecule has 0 aromatic heterocycles. The molecule has 0 radical (unpaired) electrons. The third kappa shape index (κ3) is 7.86. The molecule has 3 rings (SSSR count). The van der Waals surface area contributed by atoms with E-state index in [1.165, 1.54) is 13.3 Å². The molecule has 0 aliphatic heterocycles. The van der Waals surface area contributed by atoms with Crippen LogP contribution in [-0.4, -0.2) is 40.4 Å². The van der Waals surface area contributed by atoms with E-state index in [4.69, 9.17) is 32.7 Å². The van der Waals surface area contributed by atoms with Gasteiger partial charge in [0.2, 0.25) is 10.0 Å². The van der Waals surface area contributed by atoms with Crippen molar-refractivity contribution in [3.63, 3.8) is 0 Å². The first-order valence-electron chi connectivity index (χ1n) is 11.3. The molecular weight excluding hydrogens is 617 g/mol. The Labute approximate surface area is 240 Å². The molecule has 0 fully saturated rings. The normalized spacial score (nSPS) is 11.4. The number of methoxy groups -OCH3 is 1. The van der Waals surface area contributed by atoms with Crippen molar-refractivity contribution in [1.29, 1.82) is 0 Å². The summed E-state index contributed by atoms with van der Waals surface area (Å²) in [6, 6.07) is 15.6. The monoisotopic (exact) mass is 641 g/mol. The molecule has 0 aliphatic rings. The van der Waals surface area contributed by atoms with E-state index in [2.05, 4.69) is 26.5 Å². The standard InChI is InChI=1S/C26H26BrCl2N3O5S/c1-4-18-7-5-6-8-23(18)32(38(3,34)35)15-25(33)31-30-14-17-11-21(27)26(24(12-17)36-2)37-16-19-9-10-20(28)13-22(19)29/h5-14H,4,15-16H2,1-3H3,(H,31,33)/b30-14-. The highest BCUT2D eigenvalue weighted by Crippen LogP contribution is 2.37. The van der Waals surface area contributed by atoms with Crippen molar-refractivity contribution in [3.8, 4) is 11.5 Å². The fraction of sp³-hybridized carbons (Fsp3) is 0.231. The van der Waals surface area contributed by atoms with Gasteiger partial charge in [0, 0.05) is 15.6 Å². The Kier molecular flexibility index (Phi) is 10.4. The van der Waals surface area contributed by atoms with Crippen molar-refractivity contribution in [2.24, 2.45) is 5.10 Å². The SMILES string of the molecule is CCc1ccccc1N(CC(=O)N/N=C\c1cc(Br)c(OCc2ccc(Cl)cc2Cl)c(OC)c1)S(C)(=O)=O. The van der Waals surface area contributed by atoms with Gasteiger partial charge in [0.25, 0.3) is 5.91 Å². The van der Waals surface area contributed by atoms with Crippen molar-refractivity contribution >= 4 is 67.0 Å². The zero-order valence-electron chi connectivity index (χ0n) is 20.9. The maximum Gasteiger partial charge on any atom is 0.260 e. The van der Waals surface area contributed by atoms with Crippen molar-refractivity contribution in [3.05, 3.63) is 85.8 Å². The largest absolute Gasteiger partial charge is 0.493 e. The van der Waals surface area contributed by atoms with Crippen LogP contribution in [0.25, 0.3) is 0 Å². The first kappa shape index (κ1) is 29.8. The number of rotatable bonds is 11. The number of hydrazone groups is 1. The van der Waals surface area contributed by atoms with Crippen molar-refractivity contribution < 1.29 is 22.7 Å². The van der Waals surface area contributed by atoms with E-state index in [-0.39, 0.29) is 6.61 Å². The van der Waals surface area contributed by atoms with Gasteiger partial charge < -0.3 is 9.47 Å². The second kappa shape index (κ2) is 13.3. The van der Waals surface area contributed by atoms with Crippen LogP contribution in [0.5, 0.6) is 11.5 Å². The van der Waals surface area contributed by atoms with Gasteiger partial charge in [-0.1, -0.05) is 54.4 Å². The van der Waals surface area contributed by atoms with E-state index in [0.29, 0.717) is 43.7 Å². The second-order valence-corrected chi connectivity index (χ2v) is 11.7. The number of benzene rings is 3. The van der Waals surface area contributed by atoms with E-state index in [9.17, 15) is 13.2 Å². The number of hydrogen-bond acceptors (Lipinski definition) is 6. The summed E-state index contributed by atoms with van der Waals surface area (Å²) in [5.74, 6) is 0.290. The van der Waals surface area contributed by atoms with Crippen molar-refractivity contribution in [2.75, 3.05) is 24.2 Å². The number of ether oxygens (including phenoxy) is 2. The molecule has 0 atom stereocenters. The zero-order valence-corrected chi connectivity index (χ0v) is 24.8. The third-order valence-corrected chi connectivity index (χ3v) is 7.67. The highest BCUT2D eigenvalue weighted by atomic mass is 79.9. The first-order valence-corrected chi connectivity index (χ1v) is 14.7. The van der Waals surface area contributed by atoms with Crippen LogP contribution < -0.4 is 19.2 Å². The predicted molar refractivity (Wildman–Crippen MR) is 155 cm³/mol. The summed E-state index contributed by atoms with van der Waals surface area (Å²) in [6.45, 7) is 1.69. The van der Waals surface area contributed by atoms with Gasteiger partial charge in [0.05, 0.1) is 29.7 Å².